The van der Waals surface area contributed by atoms with Gasteiger partial charge in [-0.15, -0.1) is 0 Å². The van der Waals surface area contributed by atoms with Crippen molar-refractivity contribution in [2.24, 2.45) is 0 Å². The van der Waals surface area contributed by atoms with Crippen LogP contribution in [0.25, 0.3) is 22.1 Å². The van der Waals surface area contributed by atoms with Crippen molar-refractivity contribution < 1.29 is 23.8 Å². The Hall–Kier alpha value is -3.66. The van der Waals surface area contributed by atoms with Gasteiger partial charge in [0.1, 0.15) is 0 Å². The number of carbonyl (C=O) groups is 2. The number of aromatic nitrogens is 4. The quantitative estimate of drug-likeness (QED) is 0.247. The number of hydrogen-bond donors (Lipinski definition) is 2. The number of aryl methyl sites for hydroxylation is 2. The van der Waals surface area contributed by atoms with Gasteiger partial charge in [-0.25, -0.2) is 9.59 Å². The molecular weight excluding hydrogens is 636 g/mol. The Labute approximate surface area is 272 Å². The lowest BCUT2D eigenvalue weighted by Crippen LogP contribution is -2.15. The Morgan fingerprint density at radius 2 is 1.22 bits per heavy atom. The van der Waals surface area contributed by atoms with E-state index in [0.29, 0.717) is 58.1 Å². The molecule has 5 rings (SSSR count). The molecule has 10 heteroatoms. The molecular formula is C35H43BrN4O5. The van der Waals surface area contributed by atoms with E-state index in [9.17, 15) is 9.59 Å². The lowest BCUT2D eigenvalue weighted by Gasteiger charge is -2.16. The fourth-order valence-electron chi connectivity index (χ4n) is 6.47. The van der Waals surface area contributed by atoms with Crippen LogP contribution in [0.1, 0.15) is 110 Å². The van der Waals surface area contributed by atoms with Gasteiger partial charge in [0.15, 0.2) is 5.75 Å². The van der Waals surface area contributed by atoms with Crippen LogP contribution in [0.5, 0.6) is 5.75 Å². The molecule has 3 aromatic heterocycles. The standard InChI is InChI=1S/C35H43BrN4O5/c1-10-18-20-14-25-35(7,8)17-23(38-25)31(43-9)30-27(33(42)45-13-4)19(11-2)21(40-30)15-24-34(5,6)16-22(37-24)28(36)29(39-20)26(18)32(41)44-12-3/h14-15,39-40H,10-13,16-17H2,1-9H3. The first-order valence-electron chi connectivity index (χ1n) is 15.7. The van der Waals surface area contributed by atoms with E-state index in [-0.39, 0.29) is 30.0 Å². The van der Waals surface area contributed by atoms with Gasteiger partial charge in [-0.3, -0.25) is 9.97 Å². The SMILES string of the molecule is CCOC(=O)c1c(CC)c2cc3nc(c(OC)c4[nH]c(cc5nc(c(Br)c1[nH]2)CC5(C)C)c(CC)c4C(=O)OCC)CC3(C)C. The Balaban J connectivity index is 2.06. The molecule has 2 N–H and O–H groups in total. The predicted molar refractivity (Wildman–Crippen MR) is 179 cm³/mol. The zero-order chi connectivity index (χ0) is 32.8. The van der Waals surface area contributed by atoms with E-state index in [1.54, 1.807) is 14.0 Å². The van der Waals surface area contributed by atoms with E-state index in [0.717, 1.165) is 44.9 Å². The maximum atomic E-state index is 13.5. The molecule has 0 fully saturated rings. The first-order chi connectivity index (χ1) is 21.3. The summed E-state index contributed by atoms with van der Waals surface area (Å²) in [4.78, 5) is 44.3. The number of fused-ring (bicyclic) bond motifs is 8. The van der Waals surface area contributed by atoms with Gasteiger partial charge >= 0.3 is 11.9 Å². The van der Waals surface area contributed by atoms with Crippen molar-refractivity contribution in [3.63, 3.8) is 0 Å². The fourth-order valence-corrected chi connectivity index (χ4v) is 7.00. The van der Waals surface area contributed by atoms with Gasteiger partial charge in [-0.2, -0.15) is 0 Å². The van der Waals surface area contributed by atoms with Crippen molar-refractivity contribution >= 4 is 49.9 Å². The summed E-state index contributed by atoms with van der Waals surface area (Å²) < 4.78 is 17.9. The number of methoxy groups -OCH3 is 1. The highest BCUT2D eigenvalue weighted by Crippen LogP contribution is 2.41. The molecule has 0 unspecified atom stereocenters. The number of carbonyl (C=O) groups excluding carboxylic acids is 2. The van der Waals surface area contributed by atoms with Crippen LogP contribution in [0.4, 0.5) is 0 Å². The third-order valence-corrected chi connectivity index (χ3v) is 9.64. The largest absolute Gasteiger partial charge is 0.493 e. The van der Waals surface area contributed by atoms with Crippen LogP contribution in [0.2, 0.25) is 0 Å². The highest BCUT2D eigenvalue weighted by atomic mass is 79.9. The van der Waals surface area contributed by atoms with E-state index in [1.807, 2.05) is 32.9 Å². The van der Waals surface area contributed by atoms with Crippen LogP contribution >= 0.6 is 15.9 Å². The molecule has 0 radical (unpaired) electrons. The minimum absolute atomic E-state index is 0.252. The third-order valence-electron chi connectivity index (χ3n) is 8.78. The van der Waals surface area contributed by atoms with Gasteiger partial charge in [0.2, 0.25) is 0 Å². The summed E-state index contributed by atoms with van der Waals surface area (Å²) in [5.74, 6) is -0.284. The number of H-pyrrole nitrogens is 2. The monoisotopic (exact) mass is 678 g/mol. The predicted octanol–water partition coefficient (Wildman–Crippen LogP) is 7.60. The van der Waals surface area contributed by atoms with Crippen LogP contribution in [-0.2, 0) is 46.0 Å². The molecule has 0 aliphatic carbocycles. The van der Waals surface area contributed by atoms with Crippen molar-refractivity contribution in [3.05, 3.63) is 61.6 Å². The van der Waals surface area contributed by atoms with Crippen LogP contribution in [-0.4, -0.2) is 52.2 Å². The molecule has 240 valence electrons. The minimum atomic E-state index is -0.407. The molecule has 0 atom stereocenters. The maximum Gasteiger partial charge on any atom is 0.340 e. The molecule has 8 bridgehead atoms. The Bertz CT molecular complexity index is 1850. The molecule has 2 aliphatic rings. The van der Waals surface area contributed by atoms with Crippen molar-refractivity contribution in [1.82, 2.24) is 19.9 Å². The van der Waals surface area contributed by atoms with Gasteiger partial charge in [-0.1, -0.05) is 41.5 Å². The van der Waals surface area contributed by atoms with Gasteiger partial charge < -0.3 is 24.2 Å². The Kier molecular flexibility index (Phi) is 8.92. The van der Waals surface area contributed by atoms with Crippen molar-refractivity contribution in [1.29, 1.82) is 0 Å². The molecule has 0 saturated carbocycles. The maximum absolute atomic E-state index is 13.5. The van der Waals surface area contributed by atoms with Crippen molar-refractivity contribution in [2.75, 3.05) is 20.3 Å². The van der Waals surface area contributed by atoms with E-state index in [2.05, 4.69) is 53.6 Å². The van der Waals surface area contributed by atoms with Crippen LogP contribution < -0.4 is 4.74 Å². The van der Waals surface area contributed by atoms with E-state index < -0.39 is 5.97 Å². The molecule has 0 spiro atoms. The van der Waals surface area contributed by atoms with Crippen LogP contribution in [0, 0.1) is 0 Å². The average Bonchev–Trinajstić information content (AvgIpc) is 3.69. The lowest BCUT2D eigenvalue weighted by molar-refractivity contribution is 0.0518. The van der Waals surface area contributed by atoms with E-state index in [4.69, 9.17) is 24.2 Å². The smallest absolute Gasteiger partial charge is 0.340 e. The topological polar surface area (TPSA) is 119 Å². The molecule has 2 aliphatic heterocycles. The summed E-state index contributed by atoms with van der Waals surface area (Å²) in [6.07, 6.45) is 2.41. The summed E-state index contributed by atoms with van der Waals surface area (Å²) in [7, 11) is 1.60. The number of aromatic amines is 2. The number of esters is 2. The number of nitrogens with zero attached hydrogens (tertiary/aromatic N) is 2. The van der Waals surface area contributed by atoms with Crippen molar-refractivity contribution in [2.45, 2.75) is 91.9 Å². The number of ether oxygens (including phenoxy) is 3. The summed E-state index contributed by atoms with van der Waals surface area (Å²) in [6, 6.07) is 4.04. The molecule has 45 heavy (non-hydrogen) atoms. The molecule has 0 amide bonds. The summed E-state index contributed by atoms with van der Waals surface area (Å²) in [6.45, 7) is 16.7. The normalized spacial score (nSPS) is 15.2. The molecule has 3 aromatic rings. The number of hydrogen-bond acceptors (Lipinski definition) is 7. The number of nitrogens with one attached hydrogen (secondary N) is 2. The van der Waals surface area contributed by atoms with Gasteiger partial charge in [0.05, 0.1) is 58.3 Å². The summed E-state index contributed by atoms with van der Waals surface area (Å²) >= 11 is 3.85. The van der Waals surface area contributed by atoms with E-state index >= 15 is 0 Å². The number of rotatable bonds is 7. The van der Waals surface area contributed by atoms with Gasteiger partial charge in [0, 0.05) is 46.1 Å². The highest BCUT2D eigenvalue weighted by Gasteiger charge is 2.35. The minimum Gasteiger partial charge on any atom is -0.493 e. The number of halogens is 1. The average molecular weight is 680 g/mol. The first kappa shape index (κ1) is 32.7. The van der Waals surface area contributed by atoms with Crippen LogP contribution in [0.15, 0.2) is 16.6 Å². The second kappa shape index (κ2) is 12.3. The van der Waals surface area contributed by atoms with Crippen LogP contribution in [0.3, 0.4) is 0 Å². The molecule has 5 heterocycles. The van der Waals surface area contributed by atoms with E-state index in [1.165, 1.54) is 0 Å². The fraction of sp³-hybridized carbons (Fsp3) is 0.486. The molecule has 0 saturated heterocycles. The Morgan fingerprint density at radius 1 is 0.778 bits per heavy atom. The molecule has 9 nitrogen and oxygen atoms in total. The molecule has 0 aromatic carbocycles. The Morgan fingerprint density at radius 3 is 1.69 bits per heavy atom. The van der Waals surface area contributed by atoms with Gasteiger partial charge in [0.25, 0.3) is 0 Å². The first-order valence-corrected chi connectivity index (χ1v) is 16.5. The highest BCUT2D eigenvalue weighted by molar-refractivity contribution is 9.10. The zero-order valence-corrected chi connectivity index (χ0v) is 29.3. The second-order valence-electron chi connectivity index (χ2n) is 12.8. The van der Waals surface area contributed by atoms with Gasteiger partial charge in [-0.05, 0) is 65.9 Å². The summed E-state index contributed by atoms with van der Waals surface area (Å²) in [5.41, 5.74) is 7.92. The lowest BCUT2D eigenvalue weighted by atomic mass is 9.86. The second-order valence-corrected chi connectivity index (χ2v) is 13.6. The van der Waals surface area contributed by atoms with Crippen molar-refractivity contribution in [3.8, 4) is 5.75 Å². The third kappa shape index (κ3) is 5.66. The zero-order valence-electron chi connectivity index (χ0n) is 27.7. The summed E-state index contributed by atoms with van der Waals surface area (Å²) in [5, 5.41) is 0.